The third-order valence-electron chi connectivity index (χ3n) is 7.51. The fraction of sp³-hybridized carbons (Fsp3) is 0.778. The lowest BCUT2D eigenvalue weighted by atomic mass is 9.84. The topological polar surface area (TPSA) is 110 Å². The molecule has 0 bridgehead atoms. The lowest BCUT2D eigenvalue weighted by Gasteiger charge is -2.39. The van der Waals surface area contributed by atoms with Crippen LogP contribution in [0, 0.1) is 11.3 Å². The fourth-order valence-corrected chi connectivity index (χ4v) is 5.22. The van der Waals surface area contributed by atoms with Gasteiger partial charge in [-0.1, -0.05) is 47.1 Å². The molecule has 0 aromatic heterocycles. The highest BCUT2D eigenvalue weighted by molar-refractivity contribution is 5.96. The Morgan fingerprint density at radius 3 is 2.17 bits per heavy atom. The number of carboxylic acids is 1. The Kier molecular flexibility index (Phi) is 10.1. The van der Waals surface area contributed by atoms with E-state index in [1.165, 1.54) is 4.90 Å². The minimum Gasteiger partial charge on any atom is -0.480 e. The number of aliphatic carboxylic acids is 1. The van der Waals surface area contributed by atoms with Crippen LogP contribution in [0.4, 0.5) is 0 Å². The van der Waals surface area contributed by atoms with Crippen molar-refractivity contribution in [3.8, 4) is 0 Å². The number of piperidine rings is 1. The van der Waals surface area contributed by atoms with Crippen molar-refractivity contribution in [2.75, 3.05) is 27.2 Å². The van der Waals surface area contributed by atoms with Crippen LogP contribution < -0.4 is 5.32 Å². The van der Waals surface area contributed by atoms with Gasteiger partial charge in [0.2, 0.25) is 17.7 Å². The summed E-state index contributed by atoms with van der Waals surface area (Å²) in [6.45, 7) is 12.7. The van der Waals surface area contributed by atoms with Crippen molar-refractivity contribution in [2.45, 2.75) is 97.8 Å². The number of nitrogens with zero attached hydrogens (tertiary/aromatic N) is 3. The van der Waals surface area contributed by atoms with Crippen LogP contribution in [-0.2, 0) is 19.2 Å². The number of nitrogens with one attached hydrogen (secondary N) is 1. The third-order valence-corrected chi connectivity index (χ3v) is 7.51. The van der Waals surface area contributed by atoms with Crippen LogP contribution in [0.15, 0.2) is 11.6 Å². The van der Waals surface area contributed by atoms with Crippen molar-refractivity contribution in [3.63, 3.8) is 0 Å². The molecule has 4 atom stereocenters. The van der Waals surface area contributed by atoms with Gasteiger partial charge in [0, 0.05) is 19.2 Å². The molecule has 2 fully saturated rings. The summed E-state index contributed by atoms with van der Waals surface area (Å²) in [7, 11) is 3.65. The van der Waals surface area contributed by atoms with E-state index >= 15 is 0 Å². The molecule has 2 aliphatic rings. The summed E-state index contributed by atoms with van der Waals surface area (Å²) in [5.74, 6) is -1.65. The van der Waals surface area contributed by atoms with Crippen LogP contribution in [0.1, 0.15) is 73.6 Å². The van der Waals surface area contributed by atoms with E-state index in [-0.39, 0.29) is 29.7 Å². The number of likely N-dealkylation sites (N-methyl/N-ethyl adjacent to an activating group) is 2. The Hall–Kier alpha value is -2.42. The van der Waals surface area contributed by atoms with Crippen LogP contribution in [0.2, 0.25) is 0 Å². The fourth-order valence-electron chi connectivity index (χ4n) is 5.22. The predicted octanol–water partition coefficient (Wildman–Crippen LogP) is 2.51. The largest absolute Gasteiger partial charge is 0.480 e. The Morgan fingerprint density at radius 2 is 1.64 bits per heavy atom. The van der Waals surface area contributed by atoms with Gasteiger partial charge in [0.15, 0.2) is 0 Å². The number of rotatable bonds is 8. The second kappa shape index (κ2) is 12.2. The summed E-state index contributed by atoms with van der Waals surface area (Å²) in [6, 6.07) is -2.18. The van der Waals surface area contributed by atoms with E-state index in [4.69, 9.17) is 0 Å². The third kappa shape index (κ3) is 7.08. The van der Waals surface area contributed by atoms with E-state index < -0.39 is 29.5 Å². The normalized spacial score (nSPS) is 23.4. The highest BCUT2D eigenvalue weighted by Crippen LogP contribution is 2.26. The zero-order valence-electron chi connectivity index (χ0n) is 23.3. The summed E-state index contributed by atoms with van der Waals surface area (Å²) < 4.78 is 0. The molecule has 3 amide bonds. The number of carbonyl (C=O) groups is 4. The molecule has 0 aliphatic carbocycles. The minimum absolute atomic E-state index is 0.00338. The molecule has 36 heavy (non-hydrogen) atoms. The summed E-state index contributed by atoms with van der Waals surface area (Å²) in [4.78, 5) is 56.6. The summed E-state index contributed by atoms with van der Waals surface area (Å²) in [5, 5.41) is 12.5. The molecule has 2 N–H and O–H groups in total. The number of carboxylic acid groups (broad SMARTS) is 1. The van der Waals surface area contributed by atoms with Crippen LogP contribution >= 0.6 is 0 Å². The van der Waals surface area contributed by atoms with Gasteiger partial charge >= 0.3 is 5.97 Å². The predicted molar refractivity (Wildman–Crippen MR) is 139 cm³/mol. The molecule has 1 unspecified atom stereocenters. The standard InChI is InChI=1S/C27H46N4O5/c1-17(2)21(16-18(3)24(33)31-15-11-13-20(31)26(35)36)30(8)25(34)22(27(4,5)6)28-23(32)19-12-9-10-14-29(19)7/h16-17,19-22H,9-15H2,1-8H3,(H,28,32)(H,35,36)/t19?,20-,21+,22+/m0/s1. The van der Waals surface area contributed by atoms with Gasteiger partial charge in [-0.25, -0.2) is 4.79 Å². The van der Waals surface area contributed by atoms with Gasteiger partial charge in [0.1, 0.15) is 12.1 Å². The lowest BCUT2D eigenvalue weighted by molar-refractivity contribution is -0.146. The molecule has 2 saturated heterocycles. The smallest absolute Gasteiger partial charge is 0.326 e. The maximum atomic E-state index is 13.8. The Bertz CT molecular complexity index is 863. The highest BCUT2D eigenvalue weighted by atomic mass is 16.4. The zero-order chi connectivity index (χ0) is 27.4. The average Bonchev–Trinajstić information content (AvgIpc) is 3.29. The van der Waals surface area contributed by atoms with E-state index in [2.05, 4.69) is 5.32 Å². The summed E-state index contributed by atoms with van der Waals surface area (Å²) in [5.41, 5.74) is -0.101. The van der Waals surface area contributed by atoms with Crippen LogP contribution in [0.3, 0.4) is 0 Å². The van der Waals surface area contributed by atoms with Crippen molar-refractivity contribution in [3.05, 3.63) is 11.6 Å². The SMILES string of the molecule is CC(=C[C@H](C(C)C)N(C)C(=O)[C@@H](NC(=O)C1CCCCN1C)C(C)(C)C)C(=O)N1CCC[C@H]1C(=O)O. The molecule has 2 rings (SSSR count). The number of hydrogen-bond acceptors (Lipinski definition) is 5. The number of carbonyl (C=O) groups excluding carboxylic acids is 3. The van der Waals surface area contributed by atoms with E-state index in [9.17, 15) is 24.3 Å². The van der Waals surface area contributed by atoms with Gasteiger partial charge in [-0.15, -0.1) is 0 Å². The Labute approximate surface area is 216 Å². The number of amides is 3. The van der Waals surface area contributed by atoms with Crippen molar-refractivity contribution in [1.82, 2.24) is 20.0 Å². The second-order valence-electron chi connectivity index (χ2n) is 11.8. The molecule has 9 nitrogen and oxygen atoms in total. The van der Waals surface area contributed by atoms with Gasteiger partial charge in [-0.05, 0) is 57.5 Å². The van der Waals surface area contributed by atoms with E-state index in [1.807, 2.05) is 46.6 Å². The molecule has 0 saturated carbocycles. The molecule has 0 aromatic carbocycles. The van der Waals surface area contributed by atoms with Gasteiger partial charge in [0.25, 0.3) is 0 Å². The van der Waals surface area contributed by atoms with Crippen molar-refractivity contribution in [1.29, 1.82) is 0 Å². The van der Waals surface area contributed by atoms with Gasteiger partial charge < -0.3 is 20.2 Å². The molecule has 2 heterocycles. The Balaban J connectivity index is 2.25. The lowest BCUT2D eigenvalue weighted by Crippen LogP contribution is -2.59. The first-order valence-corrected chi connectivity index (χ1v) is 13.2. The minimum atomic E-state index is -0.992. The molecule has 0 radical (unpaired) electrons. The number of likely N-dealkylation sites (tertiary alicyclic amines) is 2. The van der Waals surface area contributed by atoms with Crippen LogP contribution in [0.25, 0.3) is 0 Å². The first-order valence-electron chi connectivity index (χ1n) is 13.2. The molecular weight excluding hydrogens is 460 g/mol. The maximum Gasteiger partial charge on any atom is 0.326 e. The van der Waals surface area contributed by atoms with Crippen LogP contribution in [0.5, 0.6) is 0 Å². The molecular formula is C27H46N4O5. The highest BCUT2D eigenvalue weighted by Gasteiger charge is 2.39. The van der Waals surface area contributed by atoms with E-state index in [0.29, 0.717) is 25.0 Å². The average molecular weight is 507 g/mol. The molecule has 9 heteroatoms. The maximum absolute atomic E-state index is 13.8. The summed E-state index contributed by atoms with van der Waals surface area (Å²) in [6.07, 6.45) is 5.70. The van der Waals surface area contributed by atoms with Gasteiger partial charge in [-0.2, -0.15) is 0 Å². The molecule has 0 aromatic rings. The van der Waals surface area contributed by atoms with Crippen molar-refractivity contribution >= 4 is 23.7 Å². The summed E-state index contributed by atoms with van der Waals surface area (Å²) >= 11 is 0. The van der Waals surface area contributed by atoms with Gasteiger partial charge in [-0.3, -0.25) is 19.3 Å². The molecule has 204 valence electrons. The van der Waals surface area contributed by atoms with Gasteiger partial charge in [0.05, 0.1) is 12.1 Å². The first kappa shape index (κ1) is 29.8. The molecule has 2 aliphatic heterocycles. The monoisotopic (exact) mass is 506 g/mol. The van der Waals surface area contributed by atoms with Crippen molar-refractivity contribution < 1.29 is 24.3 Å². The second-order valence-corrected chi connectivity index (χ2v) is 11.8. The quantitative estimate of drug-likeness (QED) is 0.490. The van der Waals surface area contributed by atoms with Crippen LogP contribution in [-0.4, -0.2) is 94.8 Å². The Morgan fingerprint density at radius 1 is 1.03 bits per heavy atom. The number of hydrogen-bond donors (Lipinski definition) is 2. The van der Waals surface area contributed by atoms with Crippen molar-refractivity contribution in [2.24, 2.45) is 11.3 Å². The first-order chi connectivity index (χ1) is 16.7. The van der Waals surface area contributed by atoms with E-state index in [1.54, 1.807) is 24.9 Å². The zero-order valence-corrected chi connectivity index (χ0v) is 23.3. The molecule has 0 spiro atoms. The van der Waals surface area contributed by atoms with E-state index in [0.717, 1.165) is 25.8 Å².